The van der Waals surface area contributed by atoms with Gasteiger partial charge in [-0.15, -0.1) is 11.8 Å². The van der Waals surface area contributed by atoms with E-state index in [2.05, 4.69) is 4.74 Å². The molecule has 0 aliphatic carbocycles. The fourth-order valence-corrected chi connectivity index (χ4v) is 2.55. The number of hydrogen-bond acceptors (Lipinski definition) is 4. The number of thioether (sulfide) groups is 1. The Morgan fingerprint density at radius 1 is 1.29 bits per heavy atom. The highest BCUT2D eigenvalue weighted by Gasteiger charge is 2.20. The normalized spacial score (nSPS) is 10.5. The molecular weight excluding hydrogens is 293 g/mol. The largest absolute Gasteiger partial charge is 0.468 e. The molecule has 0 unspecified atom stereocenters. The van der Waals surface area contributed by atoms with Crippen molar-refractivity contribution in [2.24, 2.45) is 0 Å². The average Bonchev–Trinajstić information content (AvgIpc) is 2.46. The molecule has 0 radical (unpaired) electrons. The Hall–Kier alpha value is -1.56. The van der Waals surface area contributed by atoms with E-state index in [1.165, 1.54) is 35.9 Å². The van der Waals surface area contributed by atoms with Gasteiger partial charge < -0.3 is 9.64 Å². The lowest BCUT2D eigenvalue weighted by Gasteiger charge is -2.25. The molecule has 0 spiro atoms. The lowest BCUT2D eigenvalue weighted by molar-refractivity contribution is -0.147. The molecule has 1 rings (SSSR count). The number of nitrogens with zero attached hydrogens (tertiary/aromatic N) is 1. The summed E-state index contributed by atoms with van der Waals surface area (Å²) in [6, 6.07) is 6.12. The molecule has 0 aromatic heterocycles. The van der Waals surface area contributed by atoms with Gasteiger partial charge in [0.25, 0.3) is 0 Å². The molecule has 1 aromatic rings. The first-order valence-corrected chi connectivity index (χ1v) is 7.78. The molecule has 0 heterocycles. The van der Waals surface area contributed by atoms with E-state index in [0.29, 0.717) is 5.75 Å². The second-order valence-electron chi connectivity index (χ2n) is 4.81. The quantitative estimate of drug-likeness (QED) is 0.726. The molecule has 0 bridgehead atoms. The van der Waals surface area contributed by atoms with Gasteiger partial charge in [-0.1, -0.05) is 12.1 Å². The van der Waals surface area contributed by atoms with Crippen molar-refractivity contribution in [3.63, 3.8) is 0 Å². The van der Waals surface area contributed by atoms with Gasteiger partial charge in [-0.05, 0) is 31.5 Å². The highest BCUT2D eigenvalue weighted by atomic mass is 32.2. The Morgan fingerprint density at radius 2 is 1.90 bits per heavy atom. The molecule has 0 aliphatic rings. The van der Waals surface area contributed by atoms with Gasteiger partial charge in [0.2, 0.25) is 5.91 Å². The summed E-state index contributed by atoms with van der Waals surface area (Å²) < 4.78 is 17.4. The van der Waals surface area contributed by atoms with Gasteiger partial charge in [0.05, 0.1) is 12.9 Å². The van der Waals surface area contributed by atoms with E-state index in [1.807, 2.05) is 13.8 Å². The molecule has 0 saturated carbocycles. The highest BCUT2D eigenvalue weighted by molar-refractivity contribution is 7.99. The van der Waals surface area contributed by atoms with Crippen LogP contribution in [0.15, 0.2) is 24.3 Å². The lowest BCUT2D eigenvalue weighted by atomic mass is 10.2. The summed E-state index contributed by atoms with van der Waals surface area (Å²) in [5.41, 5.74) is 0.957. The number of benzene rings is 1. The maximum atomic E-state index is 12.8. The van der Waals surface area contributed by atoms with Crippen LogP contribution < -0.4 is 0 Å². The third kappa shape index (κ3) is 6.16. The van der Waals surface area contributed by atoms with Crippen molar-refractivity contribution in [2.75, 3.05) is 19.4 Å². The summed E-state index contributed by atoms with van der Waals surface area (Å²) in [4.78, 5) is 24.9. The van der Waals surface area contributed by atoms with Gasteiger partial charge in [-0.2, -0.15) is 0 Å². The monoisotopic (exact) mass is 313 g/mol. The van der Waals surface area contributed by atoms with Gasteiger partial charge in [0, 0.05) is 11.8 Å². The number of esters is 1. The van der Waals surface area contributed by atoms with Crippen LogP contribution in [0, 0.1) is 5.82 Å². The van der Waals surface area contributed by atoms with Crippen LogP contribution in [-0.4, -0.2) is 42.2 Å². The molecule has 0 fully saturated rings. The lowest BCUT2D eigenvalue weighted by Crippen LogP contribution is -2.42. The number of amides is 1. The topological polar surface area (TPSA) is 46.6 Å². The summed E-state index contributed by atoms with van der Waals surface area (Å²) in [6.07, 6.45) is 0. The van der Waals surface area contributed by atoms with E-state index in [9.17, 15) is 14.0 Å². The molecule has 0 N–H and O–H groups in total. The maximum Gasteiger partial charge on any atom is 0.325 e. The van der Waals surface area contributed by atoms with E-state index in [4.69, 9.17) is 0 Å². The number of carbonyl (C=O) groups excluding carboxylic acids is 2. The molecule has 1 aromatic carbocycles. The standard InChI is InChI=1S/C15H20FNO3S/c1-11(2)17(8-15(19)20-3)14(18)10-21-9-12-4-6-13(16)7-5-12/h4-7,11H,8-10H2,1-3H3. The summed E-state index contributed by atoms with van der Waals surface area (Å²) in [5.74, 6) is 0.0786. The average molecular weight is 313 g/mol. The van der Waals surface area contributed by atoms with Crippen LogP contribution in [0.4, 0.5) is 4.39 Å². The second-order valence-corrected chi connectivity index (χ2v) is 5.80. The van der Waals surface area contributed by atoms with E-state index in [0.717, 1.165) is 5.56 Å². The van der Waals surface area contributed by atoms with Crippen molar-refractivity contribution in [2.45, 2.75) is 25.6 Å². The van der Waals surface area contributed by atoms with Crippen LogP contribution in [0.1, 0.15) is 19.4 Å². The molecule has 116 valence electrons. The summed E-state index contributed by atoms with van der Waals surface area (Å²) >= 11 is 1.43. The van der Waals surface area contributed by atoms with Crippen molar-refractivity contribution >= 4 is 23.6 Å². The van der Waals surface area contributed by atoms with Crippen molar-refractivity contribution in [3.8, 4) is 0 Å². The Bertz CT molecular complexity index is 476. The zero-order chi connectivity index (χ0) is 15.8. The van der Waals surface area contributed by atoms with Crippen molar-refractivity contribution < 1.29 is 18.7 Å². The van der Waals surface area contributed by atoms with Crippen LogP contribution in [-0.2, 0) is 20.1 Å². The van der Waals surface area contributed by atoms with Gasteiger partial charge in [-0.25, -0.2) is 4.39 Å². The van der Waals surface area contributed by atoms with Gasteiger partial charge in [0.15, 0.2) is 0 Å². The van der Waals surface area contributed by atoms with Crippen LogP contribution in [0.5, 0.6) is 0 Å². The third-order valence-electron chi connectivity index (χ3n) is 2.88. The SMILES string of the molecule is COC(=O)CN(C(=O)CSCc1ccc(F)cc1)C(C)C. The summed E-state index contributed by atoms with van der Waals surface area (Å²) in [6.45, 7) is 3.67. The Morgan fingerprint density at radius 3 is 2.43 bits per heavy atom. The minimum Gasteiger partial charge on any atom is -0.468 e. The number of ether oxygens (including phenoxy) is 1. The number of carbonyl (C=O) groups is 2. The molecule has 1 amide bonds. The number of rotatable bonds is 7. The van der Waals surface area contributed by atoms with Gasteiger partial charge in [-0.3, -0.25) is 9.59 Å². The smallest absolute Gasteiger partial charge is 0.325 e. The molecular formula is C15H20FNO3S. The predicted molar refractivity (Wildman–Crippen MR) is 81.4 cm³/mol. The first-order valence-electron chi connectivity index (χ1n) is 6.62. The van der Waals surface area contributed by atoms with E-state index in [1.54, 1.807) is 12.1 Å². The van der Waals surface area contributed by atoms with E-state index >= 15 is 0 Å². The van der Waals surface area contributed by atoms with Crippen molar-refractivity contribution in [1.29, 1.82) is 0 Å². The van der Waals surface area contributed by atoms with E-state index in [-0.39, 0.29) is 30.1 Å². The predicted octanol–water partition coefficient (Wildman–Crippen LogP) is 2.47. The highest BCUT2D eigenvalue weighted by Crippen LogP contribution is 2.14. The minimum atomic E-state index is -0.430. The van der Waals surface area contributed by atoms with Crippen LogP contribution in [0.3, 0.4) is 0 Å². The molecule has 0 saturated heterocycles. The molecule has 0 aliphatic heterocycles. The Labute approximate surface area is 128 Å². The molecule has 4 nitrogen and oxygen atoms in total. The number of halogens is 1. The Kier molecular flexibility index (Phi) is 7.22. The van der Waals surface area contributed by atoms with Crippen LogP contribution in [0.25, 0.3) is 0 Å². The summed E-state index contributed by atoms with van der Waals surface area (Å²) in [7, 11) is 1.30. The zero-order valence-electron chi connectivity index (χ0n) is 12.5. The van der Waals surface area contributed by atoms with E-state index < -0.39 is 5.97 Å². The molecule has 21 heavy (non-hydrogen) atoms. The minimum absolute atomic E-state index is 0.0376. The van der Waals surface area contributed by atoms with Crippen LogP contribution in [0.2, 0.25) is 0 Å². The second kappa shape index (κ2) is 8.67. The molecule has 6 heteroatoms. The van der Waals surface area contributed by atoms with Gasteiger partial charge in [0.1, 0.15) is 12.4 Å². The molecule has 0 atom stereocenters. The fraction of sp³-hybridized carbons (Fsp3) is 0.467. The third-order valence-corrected chi connectivity index (χ3v) is 3.87. The Balaban J connectivity index is 2.46. The number of methoxy groups -OCH3 is 1. The summed E-state index contributed by atoms with van der Waals surface area (Å²) in [5, 5.41) is 0. The van der Waals surface area contributed by atoms with Crippen LogP contribution >= 0.6 is 11.8 Å². The maximum absolute atomic E-state index is 12.8. The van der Waals surface area contributed by atoms with Gasteiger partial charge >= 0.3 is 5.97 Å². The first-order chi connectivity index (χ1) is 9.93. The fourth-order valence-electron chi connectivity index (χ4n) is 1.68. The number of hydrogen-bond donors (Lipinski definition) is 0. The van der Waals surface area contributed by atoms with Crippen molar-refractivity contribution in [1.82, 2.24) is 4.90 Å². The first kappa shape index (κ1) is 17.5. The van der Waals surface area contributed by atoms with Crippen molar-refractivity contribution in [3.05, 3.63) is 35.6 Å². The zero-order valence-corrected chi connectivity index (χ0v) is 13.3.